The Kier molecular flexibility index (Phi) is 14.4. The fourth-order valence-electron chi connectivity index (χ4n) is 5.52. The molecule has 2 aromatic heterocycles. The molecular weight excluding hydrogens is 719 g/mol. The topological polar surface area (TPSA) is 175 Å². The second-order valence-electron chi connectivity index (χ2n) is 12.5. The van der Waals surface area contributed by atoms with Crippen LogP contribution in [0.25, 0.3) is 11.1 Å². The number of halogens is 2. The van der Waals surface area contributed by atoms with Crippen LogP contribution in [0.2, 0.25) is 10.0 Å². The minimum Gasteiger partial charge on any atom is -0.492 e. The third-order valence-electron chi connectivity index (χ3n) is 8.70. The van der Waals surface area contributed by atoms with Crippen molar-refractivity contribution in [3.05, 3.63) is 111 Å². The highest BCUT2D eigenvalue weighted by Crippen LogP contribution is 2.39. The Morgan fingerprint density at radius 2 is 1.77 bits per heavy atom. The summed E-state index contributed by atoms with van der Waals surface area (Å²) < 4.78 is 18.7. The fourth-order valence-corrected chi connectivity index (χ4v) is 6.04. The monoisotopic (exact) mass is 760 g/mol. The maximum Gasteiger partial charge on any atom is 0.165 e. The molecule has 5 rings (SSSR count). The molecule has 13 nitrogen and oxygen atoms in total. The summed E-state index contributed by atoms with van der Waals surface area (Å²) in [6.45, 7) is 5.98. The molecule has 0 saturated heterocycles. The number of nitriles is 1. The lowest BCUT2D eigenvalue weighted by Gasteiger charge is -2.24. The molecule has 0 spiro atoms. The lowest BCUT2D eigenvalue weighted by atomic mass is 9.96. The first-order chi connectivity index (χ1) is 25.7. The van der Waals surface area contributed by atoms with E-state index in [1.54, 1.807) is 18.3 Å². The lowest BCUT2D eigenvalue weighted by molar-refractivity contribution is 0.0942. The van der Waals surface area contributed by atoms with E-state index in [0.717, 1.165) is 33.4 Å². The van der Waals surface area contributed by atoms with E-state index in [0.29, 0.717) is 71.3 Å². The molecule has 2 atom stereocenters. The molecule has 0 saturated carbocycles. The average Bonchev–Trinajstić information content (AvgIpc) is 3.71. The molecular formula is C38H42Cl2N8O5. The number of pyridine rings is 1. The van der Waals surface area contributed by atoms with E-state index < -0.39 is 6.10 Å². The molecule has 1 unspecified atom stereocenters. The van der Waals surface area contributed by atoms with Gasteiger partial charge in [-0.05, 0) is 79.2 Å². The summed E-state index contributed by atoms with van der Waals surface area (Å²) in [5.41, 5.74) is 5.72. The van der Waals surface area contributed by atoms with Crippen LogP contribution < -0.4 is 19.5 Å². The Morgan fingerprint density at radius 3 is 2.55 bits per heavy atom. The van der Waals surface area contributed by atoms with Gasteiger partial charge in [0.1, 0.15) is 36.5 Å². The summed E-state index contributed by atoms with van der Waals surface area (Å²) in [5, 5.41) is 46.0. The van der Waals surface area contributed by atoms with Gasteiger partial charge in [-0.25, -0.2) is 5.10 Å². The van der Waals surface area contributed by atoms with Gasteiger partial charge in [0.2, 0.25) is 0 Å². The van der Waals surface area contributed by atoms with Crippen molar-refractivity contribution >= 4 is 23.2 Å². The molecule has 5 aromatic rings. The van der Waals surface area contributed by atoms with Gasteiger partial charge in [-0.15, -0.1) is 5.10 Å². The number of hydrogen-bond donors (Lipinski definition) is 4. The molecule has 278 valence electrons. The molecule has 0 aliphatic rings. The van der Waals surface area contributed by atoms with Gasteiger partial charge in [0, 0.05) is 48.2 Å². The predicted octanol–water partition coefficient (Wildman–Crippen LogP) is 5.81. The number of aromatic nitrogens is 5. The van der Waals surface area contributed by atoms with Crippen LogP contribution in [0.1, 0.15) is 53.0 Å². The minimum atomic E-state index is -0.782. The molecule has 0 amide bonds. The fraction of sp³-hybridized carbons (Fsp3) is 0.342. The SMILES string of the molecule is Cc1c(COc2cc(OCc3cncc(C#N)c3)c(CN(C)C(C)c3nnn[nH]3)cc2Cl)cccc1-c1cccc(OCCCNC[C@H](O)CO)c1Cl. The number of aliphatic hydroxyl groups is 2. The average molecular weight is 762 g/mol. The summed E-state index contributed by atoms with van der Waals surface area (Å²) >= 11 is 13.7. The highest BCUT2D eigenvalue weighted by atomic mass is 35.5. The number of rotatable bonds is 19. The Hall–Kier alpha value is -4.81. The Balaban J connectivity index is 1.32. The van der Waals surface area contributed by atoms with Crippen molar-refractivity contribution in [1.29, 1.82) is 5.26 Å². The summed E-state index contributed by atoms with van der Waals surface area (Å²) in [7, 11) is 1.95. The molecule has 0 aliphatic heterocycles. The van der Waals surface area contributed by atoms with E-state index in [9.17, 15) is 10.4 Å². The molecule has 0 aliphatic carbocycles. The maximum atomic E-state index is 9.47. The van der Waals surface area contributed by atoms with Crippen molar-refractivity contribution in [2.45, 2.75) is 52.2 Å². The van der Waals surface area contributed by atoms with Gasteiger partial charge in [-0.2, -0.15) is 5.26 Å². The van der Waals surface area contributed by atoms with E-state index >= 15 is 0 Å². The van der Waals surface area contributed by atoms with Crippen molar-refractivity contribution < 1.29 is 24.4 Å². The number of nitrogens with one attached hydrogen (secondary N) is 2. The molecule has 3 aromatic carbocycles. The second kappa shape index (κ2) is 19.3. The van der Waals surface area contributed by atoms with E-state index in [4.69, 9.17) is 42.5 Å². The number of ether oxygens (including phenoxy) is 3. The van der Waals surface area contributed by atoms with Crippen LogP contribution in [0.5, 0.6) is 17.2 Å². The van der Waals surface area contributed by atoms with Crippen molar-refractivity contribution in [3.63, 3.8) is 0 Å². The van der Waals surface area contributed by atoms with Gasteiger partial charge in [0.05, 0.1) is 41.0 Å². The molecule has 15 heteroatoms. The Labute approximate surface area is 318 Å². The van der Waals surface area contributed by atoms with Gasteiger partial charge >= 0.3 is 0 Å². The molecule has 53 heavy (non-hydrogen) atoms. The zero-order valence-electron chi connectivity index (χ0n) is 29.7. The molecule has 2 heterocycles. The highest BCUT2D eigenvalue weighted by Gasteiger charge is 2.20. The first-order valence-corrected chi connectivity index (χ1v) is 17.8. The van der Waals surface area contributed by atoms with Crippen LogP contribution in [0.15, 0.2) is 67.0 Å². The zero-order valence-corrected chi connectivity index (χ0v) is 31.2. The molecule has 0 bridgehead atoms. The first kappa shape index (κ1) is 39.4. The van der Waals surface area contributed by atoms with Crippen LogP contribution in [0.3, 0.4) is 0 Å². The van der Waals surface area contributed by atoms with E-state index in [-0.39, 0.29) is 25.9 Å². The van der Waals surface area contributed by atoms with Crippen LogP contribution in [-0.4, -0.2) is 80.2 Å². The Morgan fingerprint density at radius 1 is 0.981 bits per heavy atom. The predicted molar refractivity (Wildman–Crippen MR) is 201 cm³/mol. The molecule has 0 radical (unpaired) electrons. The van der Waals surface area contributed by atoms with Crippen LogP contribution >= 0.6 is 23.2 Å². The van der Waals surface area contributed by atoms with Gasteiger partial charge in [0.15, 0.2) is 5.82 Å². The van der Waals surface area contributed by atoms with E-state index in [1.807, 2.05) is 63.4 Å². The standard InChI is InChI=1S/C38H42Cl2N8O5/c1-24-28(7-4-8-31(24)32-9-5-10-34(37(32)40)51-12-6-11-42-19-30(50)21-49)23-53-36-15-35(52-22-27-13-26(16-41)17-43-18-27)29(14-33(36)39)20-48(3)25(2)38-44-46-47-45-38/h4-5,7-10,13-15,17-18,25,30,42,49-50H,6,11-12,19-23H2,1-3H3,(H,44,45,46,47)/t25?,30-/m0/s1. The van der Waals surface area contributed by atoms with Crippen molar-refractivity contribution in [1.82, 2.24) is 35.8 Å². The summed E-state index contributed by atoms with van der Waals surface area (Å²) in [6.07, 6.45) is 3.08. The van der Waals surface area contributed by atoms with Gasteiger partial charge < -0.3 is 29.7 Å². The molecule has 4 N–H and O–H groups in total. The smallest absolute Gasteiger partial charge is 0.165 e. The van der Waals surface area contributed by atoms with Gasteiger partial charge in [0.25, 0.3) is 0 Å². The minimum absolute atomic E-state index is 0.124. The van der Waals surface area contributed by atoms with Crippen molar-refractivity contribution in [2.75, 3.05) is 33.4 Å². The van der Waals surface area contributed by atoms with Crippen molar-refractivity contribution in [3.8, 4) is 34.4 Å². The van der Waals surface area contributed by atoms with Crippen LogP contribution in [0, 0.1) is 18.3 Å². The Bertz CT molecular complexity index is 1990. The second-order valence-corrected chi connectivity index (χ2v) is 13.3. The van der Waals surface area contributed by atoms with E-state index in [1.165, 1.54) is 6.20 Å². The van der Waals surface area contributed by atoms with Gasteiger partial charge in [-0.3, -0.25) is 9.88 Å². The lowest BCUT2D eigenvalue weighted by Crippen LogP contribution is -2.30. The largest absolute Gasteiger partial charge is 0.492 e. The highest BCUT2D eigenvalue weighted by molar-refractivity contribution is 6.35. The number of nitrogens with zero attached hydrogens (tertiary/aromatic N) is 6. The van der Waals surface area contributed by atoms with E-state index in [2.05, 4.69) is 41.9 Å². The third-order valence-corrected chi connectivity index (χ3v) is 9.39. The van der Waals surface area contributed by atoms with Gasteiger partial charge in [-0.1, -0.05) is 53.5 Å². The normalized spacial score (nSPS) is 12.4. The number of aromatic amines is 1. The third kappa shape index (κ3) is 10.6. The van der Waals surface area contributed by atoms with Crippen molar-refractivity contribution in [2.24, 2.45) is 0 Å². The maximum absolute atomic E-state index is 9.47. The summed E-state index contributed by atoms with van der Waals surface area (Å²) in [4.78, 5) is 6.21. The number of benzene rings is 3. The van der Waals surface area contributed by atoms with Crippen LogP contribution in [0.4, 0.5) is 0 Å². The zero-order chi connectivity index (χ0) is 37.7. The quantitative estimate of drug-likeness (QED) is 0.0745. The number of hydrogen-bond acceptors (Lipinski definition) is 12. The molecule has 0 fully saturated rings. The first-order valence-electron chi connectivity index (χ1n) is 17.0. The number of tetrazole rings is 1. The van der Waals surface area contributed by atoms with Crippen LogP contribution in [-0.2, 0) is 19.8 Å². The number of H-pyrrole nitrogens is 1. The summed E-state index contributed by atoms with van der Waals surface area (Å²) in [6, 6.07) is 19.0. The number of aliphatic hydroxyl groups excluding tert-OH is 2. The summed E-state index contributed by atoms with van der Waals surface area (Å²) in [5.74, 6) is 2.21.